The van der Waals surface area contributed by atoms with Crippen LogP contribution in [0.5, 0.6) is 0 Å². The van der Waals surface area contributed by atoms with Crippen molar-refractivity contribution < 1.29 is 15.3 Å². The summed E-state index contributed by atoms with van der Waals surface area (Å²) in [6.07, 6.45) is 0. The van der Waals surface area contributed by atoms with E-state index < -0.39 is 16.8 Å². The zero-order chi connectivity index (χ0) is 16.1. The molecule has 0 aliphatic heterocycles. The molecule has 0 heterocycles. The monoisotopic (exact) mass is 280 g/mol. The zero-order valence-electron chi connectivity index (χ0n) is 13.9. The summed E-state index contributed by atoms with van der Waals surface area (Å²) in [6.45, 7) is 14.1. The molecule has 0 atom stereocenters. The fraction of sp³-hybridized carbons (Fsp3) is 0.647. The van der Waals surface area contributed by atoms with Crippen LogP contribution < -0.4 is 0 Å². The Bertz CT molecular complexity index is 471. The van der Waals surface area contributed by atoms with Crippen molar-refractivity contribution in [2.24, 2.45) is 0 Å². The average Bonchev–Trinajstić information content (AvgIpc) is 2.10. The van der Waals surface area contributed by atoms with Gasteiger partial charge < -0.3 is 15.3 Å². The summed E-state index contributed by atoms with van der Waals surface area (Å²) in [4.78, 5) is 0. The third-order valence-electron chi connectivity index (χ3n) is 3.78. The minimum atomic E-state index is -1.03. The summed E-state index contributed by atoms with van der Waals surface area (Å²) in [5, 5.41) is 31.2. The Hall–Kier alpha value is -0.900. The molecule has 1 aromatic carbocycles. The van der Waals surface area contributed by atoms with Gasteiger partial charge in [-0.1, -0.05) is 0 Å². The SMILES string of the molecule is Cc1c(C(C)(C)O)cc(C(C)(C)O)c(C)c1C(C)(C)O. The maximum absolute atomic E-state index is 10.5. The van der Waals surface area contributed by atoms with Gasteiger partial charge in [-0.15, -0.1) is 0 Å². The van der Waals surface area contributed by atoms with Gasteiger partial charge in [0.15, 0.2) is 0 Å². The minimum absolute atomic E-state index is 0.734. The van der Waals surface area contributed by atoms with Gasteiger partial charge in [0.05, 0.1) is 16.8 Å². The largest absolute Gasteiger partial charge is 0.386 e. The predicted octanol–water partition coefficient (Wildman–Crippen LogP) is 2.99. The molecule has 3 N–H and O–H groups in total. The van der Waals surface area contributed by atoms with Crippen molar-refractivity contribution in [3.63, 3.8) is 0 Å². The molecule has 0 bridgehead atoms. The molecular formula is C17H28O3. The number of hydrogen-bond acceptors (Lipinski definition) is 3. The lowest BCUT2D eigenvalue weighted by Crippen LogP contribution is -2.28. The van der Waals surface area contributed by atoms with Crippen LogP contribution in [0.15, 0.2) is 6.07 Å². The van der Waals surface area contributed by atoms with E-state index in [1.54, 1.807) is 41.5 Å². The number of benzene rings is 1. The first-order valence-corrected chi connectivity index (χ1v) is 7.00. The molecule has 3 nitrogen and oxygen atoms in total. The van der Waals surface area contributed by atoms with Gasteiger partial charge in [0, 0.05) is 0 Å². The predicted molar refractivity (Wildman–Crippen MR) is 81.7 cm³/mol. The van der Waals surface area contributed by atoms with Crippen LogP contribution in [0.3, 0.4) is 0 Å². The molecule has 0 saturated carbocycles. The molecule has 0 aliphatic rings. The molecule has 0 aliphatic carbocycles. The Morgan fingerprint density at radius 1 is 0.650 bits per heavy atom. The molecule has 1 rings (SSSR count). The molecule has 3 heteroatoms. The van der Waals surface area contributed by atoms with Crippen molar-refractivity contribution in [3.8, 4) is 0 Å². The highest BCUT2D eigenvalue weighted by molar-refractivity contribution is 5.50. The van der Waals surface area contributed by atoms with Crippen LogP contribution in [0.25, 0.3) is 0 Å². The van der Waals surface area contributed by atoms with E-state index in [2.05, 4.69) is 0 Å². The molecule has 0 radical (unpaired) electrons. The lowest BCUT2D eigenvalue weighted by Gasteiger charge is -2.33. The van der Waals surface area contributed by atoms with Crippen molar-refractivity contribution in [2.45, 2.75) is 72.2 Å². The lowest BCUT2D eigenvalue weighted by molar-refractivity contribution is 0.0631. The van der Waals surface area contributed by atoms with Crippen LogP contribution in [-0.2, 0) is 16.8 Å². The first kappa shape index (κ1) is 17.2. The van der Waals surface area contributed by atoms with Gasteiger partial charge in [-0.25, -0.2) is 0 Å². The van der Waals surface area contributed by atoms with Crippen LogP contribution >= 0.6 is 0 Å². The second kappa shape index (κ2) is 4.83. The zero-order valence-corrected chi connectivity index (χ0v) is 13.9. The van der Waals surface area contributed by atoms with Crippen LogP contribution in [0.2, 0.25) is 0 Å². The van der Waals surface area contributed by atoms with Gasteiger partial charge in [0.1, 0.15) is 0 Å². The van der Waals surface area contributed by atoms with Crippen LogP contribution in [0.4, 0.5) is 0 Å². The second-order valence-electron chi connectivity index (χ2n) is 7.27. The molecule has 0 fully saturated rings. The van der Waals surface area contributed by atoms with Crippen molar-refractivity contribution in [1.29, 1.82) is 0 Å². The number of rotatable bonds is 3. The third-order valence-corrected chi connectivity index (χ3v) is 3.78. The van der Waals surface area contributed by atoms with Gasteiger partial charge in [0.25, 0.3) is 0 Å². The fourth-order valence-electron chi connectivity index (χ4n) is 3.10. The Kier molecular flexibility index (Phi) is 4.14. The minimum Gasteiger partial charge on any atom is -0.386 e. The molecule has 1 aromatic rings. The van der Waals surface area contributed by atoms with Crippen molar-refractivity contribution in [3.05, 3.63) is 33.9 Å². The van der Waals surface area contributed by atoms with Crippen LogP contribution in [0, 0.1) is 13.8 Å². The highest BCUT2D eigenvalue weighted by Gasteiger charge is 2.32. The van der Waals surface area contributed by atoms with Crippen LogP contribution in [-0.4, -0.2) is 15.3 Å². The first-order valence-electron chi connectivity index (χ1n) is 7.00. The standard InChI is InChI=1S/C17H28O3/c1-10-12(15(3,4)18)9-13(16(5,6)19)11(2)14(10)17(7,8)20/h9,18-20H,1-8H3. The van der Waals surface area contributed by atoms with Crippen molar-refractivity contribution in [1.82, 2.24) is 0 Å². The summed E-state index contributed by atoms with van der Waals surface area (Å²) in [6, 6.07) is 1.85. The maximum atomic E-state index is 10.5. The second-order valence-corrected chi connectivity index (χ2v) is 7.27. The quantitative estimate of drug-likeness (QED) is 0.797. The van der Waals surface area contributed by atoms with E-state index in [1.807, 2.05) is 19.9 Å². The number of aliphatic hydroxyl groups is 3. The molecule has 114 valence electrons. The van der Waals surface area contributed by atoms with E-state index >= 15 is 0 Å². The van der Waals surface area contributed by atoms with E-state index in [4.69, 9.17) is 0 Å². The first-order chi connectivity index (χ1) is 8.67. The van der Waals surface area contributed by atoms with Crippen LogP contribution in [0.1, 0.15) is 69.4 Å². The number of hydrogen-bond donors (Lipinski definition) is 3. The summed E-state index contributed by atoms with van der Waals surface area (Å²) in [7, 11) is 0. The maximum Gasteiger partial charge on any atom is 0.0845 e. The summed E-state index contributed by atoms with van der Waals surface area (Å²) in [5.74, 6) is 0. The molecule has 0 amide bonds. The highest BCUT2D eigenvalue weighted by atomic mass is 16.3. The van der Waals surface area contributed by atoms with E-state index in [9.17, 15) is 15.3 Å². The Morgan fingerprint density at radius 3 is 1.15 bits per heavy atom. The molecule has 20 heavy (non-hydrogen) atoms. The Morgan fingerprint density at radius 2 is 0.950 bits per heavy atom. The Labute approximate surface area is 122 Å². The summed E-state index contributed by atoms with van der Waals surface area (Å²) in [5.41, 5.74) is 0.889. The summed E-state index contributed by atoms with van der Waals surface area (Å²) >= 11 is 0. The average molecular weight is 280 g/mol. The topological polar surface area (TPSA) is 60.7 Å². The van der Waals surface area contributed by atoms with E-state index in [0.717, 1.165) is 27.8 Å². The normalized spacial score (nSPS) is 13.8. The van der Waals surface area contributed by atoms with E-state index in [1.165, 1.54) is 0 Å². The van der Waals surface area contributed by atoms with Gasteiger partial charge in [0.2, 0.25) is 0 Å². The molecular weight excluding hydrogens is 252 g/mol. The molecule has 0 aromatic heterocycles. The van der Waals surface area contributed by atoms with E-state index in [0.29, 0.717) is 0 Å². The van der Waals surface area contributed by atoms with Gasteiger partial charge >= 0.3 is 0 Å². The van der Waals surface area contributed by atoms with Crippen molar-refractivity contribution >= 4 is 0 Å². The molecule has 0 unspecified atom stereocenters. The highest BCUT2D eigenvalue weighted by Crippen LogP contribution is 2.38. The van der Waals surface area contributed by atoms with Gasteiger partial charge in [-0.2, -0.15) is 0 Å². The van der Waals surface area contributed by atoms with Gasteiger partial charge in [-0.3, -0.25) is 0 Å². The lowest BCUT2D eigenvalue weighted by atomic mass is 9.77. The Balaban J connectivity index is 3.86. The van der Waals surface area contributed by atoms with Crippen molar-refractivity contribution in [2.75, 3.05) is 0 Å². The molecule has 0 saturated heterocycles. The third kappa shape index (κ3) is 3.22. The smallest absolute Gasteiger partial charge is 0.0845 e. The summed E-state index contributed by atoms with van der Waals surface area (Å²) < 4.78 is 0. The fourth-order valence-corrected chi connectivity index (χ4v) is 3.10. The molecule has 0 spiro atoms. The van der Waals surface area contributed by atoms with Gasteiger partial charge in [-0.05, 0) is 89.3 Å². The van der Waals surface area contributed by atoms with E-state index in [-0.39, 0.29) is 0 Å².